The molecule has 0 spiro atoms. The van der Waals surface area contributed by atoms with E-state index in [0.29, 0.717) is 17.0 Å². The molecule has 4 N–H and O–H groups in total. The average molecular weight is 280 g/mol. The van der Waals surface area contributed by atoms with Crippen LogP contribution < -0.4 is 5.73 Å². The molecule has 108 valence electrons. The number of fused-ring (bicyclic) bond motifs is 1. The summed E-state index contributed by atoms with van der Waals surface area (Å²) in [5.41, 5.74) is 5.44. The summed E-state index contributed by atoms with van der Waals surface area (Å²) in [7, 11) is 1.41. The maximum atomic E-state index is 10.5. The molecule has 8 heteroatoms. The average Bonchev–Trinajstić information content (AvgIpc) is 2.92. The molecule has 0 aromatic carbocycles. The van der Waals surface area contributed by atoms with Crippen molar-refractivity contribution in [3.05, 3.63) is 24.2 Å². The molecule has 0 bridgehead atoms. The summed E-state index contributed by atoms with van der Waals surface area (Å²) in [5, 5.41) is 24.6. The second kappa shape index (κ2) is 4.38. The summed E-state index contributed by atoms with van der Waals surface area (Å²) in [4.78, 5) is 3.90. The molecule has 0 amide bonds. The number of aromatic nitrogens is 3. The fourth-order valence-corrected chi connectivity index (χ4v) is 2.50. The van der Waals surface area contributed by atoms with Crippen molar-refractivity contribution in [3.63, 3.8) is 0 Å². The van der Waals surface area contributed by atoms with Crippen LogP contribution in [0.2, 0.25) is 0 Å². The maximum absolute atomic E-state index is 10.5. The lowest BCUT2D eigenvalue weighted by molar-refractivity contribution is -0.150. The van der Waals surface area contributed by atoms with Crippen molar-refractivity contribution in [2.45, 2.75) is 31.0 Å². The smallest absolute Gasteiger partial charge is 0.186 e. The van der Waals surface area contributed by atoms with Crippen molar-refractivity contribution in [1.29, 1.82) is 0 Å². The third kappa shape index (κ3) is 1.70. The van der Waals surface area contributed by atoms with Crippen LogP contribution in [0.5, 0.6) is 0 Å². The Bertz CT molecular complexity index is 641. The van der Waals surface area contributed by atoms with Gasteiger partial charge in [-0.05, 0) is 19.1 Å². The van der Waals surface area contributed by atoms with E-state index in [9.17, 15) is 10.2 Å². The van der Waals surface area contributed by atoms with Gasteiger partial charge in [0, 0.05) is 7.11 Å². The lowest BCUT2D eigenvalue weighted by Gasteiger charge is -2.25. The predicted octanol–water partition coefficient (Wildman–Crippen LogP) is -0.533. The number of methoxy groups -OCH3 is 1. The molecular formula is C12H16N4O4. The molecule has 1 aliphatic heterocycles. The normalized spacial score (nSPS) is 33.9. The fraction of sp³-hybridized carbons (Fsp3) is 0.500. The number of aliphatic hydroxyl groups excluding tert-OH is 1. The molecule has 3 rings (SSSR count). The second-order valence-electron chi connectivity index (χ2n) is 4.99. The zero-order chi connectivity index (χ0) is 14.5. The summed E-state index contributed by atoms with van der Waals surface area (Å²) in [6.45, 7) is 1.49. The lowest BCUT2D eigenvalue weighted by atomic mass is 9.93. The summed E-state index contributed by atoms with van der Waals surface area (Å²) in [5.74, 6) is 0.327. The van der Waals surface area contributed by atoms with Crippen LogP contribution in [0.25, 0.3) is 5.52 Å². The number of nitrogen functional groups attached to an aromatic ring is 1. The van der Waals surface area contributed by atoms with Crippen molar-refractivity contribution < 1.29 is 19.7 Å². The highest BCUT2D eigenvalue weighted by atomic mass is 16.7. The second-order valence-corrected chi connectivity index (χ2v) is 4.99. The van der Waals surface area contributed by atoms with Gasteiger partial charge in [-0.25, -0.2) is 9.50 Å². The molecule has 0 unspecified atom stereocenters. The minimum atomic E-state index is -1.51. The van der Waals surface area contributed by atoms with Crippen LogP contribution >= 0.6 is 0 Å². The van der Waals surface area contributed by atoms with Gasteiger partial charge in [0.15, 0.2) is 12.1 Å². The Labute approximate surface area is 114 Å². The molecule has 1 saturated heterocycles. The van der Waals surface area contributed by atoms with Gasteiger partial charge in [0.05, 0.1) is 5.69 Å². The van der Waals surface area contributed by atoms with E-state index >= 15 is 0 Å². The summed E-state index contributed by atoms with van der Waals surface area (Å²) in [6.07, 6.45) is -1.54. The zero-order valence-electron chi connectivity index (χ0n) is 11.1. The molecule has 2 aromatic rings. The molecule has 20 heavy (non-hydrogen) atoms. The van der Waals surface area contributed by atoms with Crippen LogP contribution in [0.4, 0.5) is 5.82 Å². The minimum Gasteiger partial charge on any atom is -0.385 e. The Morgan fingerprint density at radius 2 is 2.25 bits per heavy atom. The molecule has 4 atom stereocenters. The first-order chi connectivity index (χ1) is 9.46. The van der Waals surface area contributed by atoms with Crippen LogP contribution in [0.15, 0.2) is 18.5 Å². The van der Waals surface area contributed by atoms with Gasteiger partial charge in [-0.1, -0.05) is 0 Å². The van der Waals surface area contributed by atoms with Gasteiger partial charge in [0.1, 0.15) is 29.7 Å². The highest BCUT2D eigenvalue weighted by molar-refractivity contribution is 5.65. The number of anilines is 1. The quantitative estimate of drug-likeness (QED) is 0.677. The Kier molecular flexibility index (Phi) is 2.91. The van der Waals surface area contributed by atoms with Gasteiger partial charge in [0.25, 0.3) is 0 Å². The van der Waals surface area contributed by atoms with E-state index in [0.717, 1.165) is 0 Å². The van der Waals surface area contributed by atoms with Crippen molar-refractivity contribution in [1.82, 2.24) is 14.6 Å². The van der Waals surface area contributed by atoms with Crippen LogP contribution in [0, 0.1) is 0 Å². The van der Waals surface area contributed by atoms with Gasteiger partial charge in [-0.15, -0.1) is 0 Å². The number of rotatable bonds is 2. The van der Waals surface area contributed by atoms with Crippen LogP contribution in [-0.2, 0) is 9.47 Å². The Balaban J connectivity index is 2.10. The first kappa shape index (κ1) is 13.3. The molecule has 0 saturated carbocycles. The Morgan fingerprint density at radius 3 is 2.90 bits per heavy atom. The third-order valence-electron chi connectivity index (χ3n) is 3.67. The van der Waals surface area contributed by atoms with Crippen molar-refractivity contribution in [3.8, 4) is 0 Å². The van der Waals surface area contributed by atoms with E-state index in [4.69, 9.17) is 15.2 Å². The molecule has 1 fully saturated rings. The van der Waals surface area contributed by atoms with E-state index in [1.807, 2.05) is 0 Å². The van der Waals surface area contributed by atoms with Gasteiger partial charge >= 0.3 is 0 Å². The number of hydrogen-bond acceptors (Lipinski definition) is 7. The largest absolute Gasteiger partial charge is 0.385 e. The summed E-state index contributed by atoms with van der Waals surface area (Å²) in [6, 6.07) is 3.46. The van der Waals surface area contributed by atoms with E-state index < -0.39 is 24.1 Å². The standard InChI is InChI=1S/C12H16N4O4/c1-12(18)8(17)11(19-2)20-9(12)6-3-4-7-10(13)14-5-15-16(6)7/h3-5,8-9,11,17-18H,1-2H3,(H2,13,14,15)/t8-,9+,11+,12-/m1/s1. The van der Waals surface area contributed by atoms with Crippen LogP contribution in [0.1, 0.15) is 18.7 Å². The van der Waals surface area contributed by atoms with Gasteiger partial charge < -0.3 is 25.4 Å². The summed E-state index contributed by atoms with van der Waals surface area (Å²) < 4.78 is 12.1. The summed E-state index contributed by atoms with van der Waals surface area (Å²) >= 11 is 0. The Morgan fingerprint density at radius 1 is 1.50 bits per heavy atom. The molecule has 1 aliphatic rings. The van der Waals surface area contributed by atoms with E-state index in [1.165, 1.54) is 24.9 Å². The minimum absolute atomic E-state index is 0.327. The predicted molar refractivity (Wildman–Crippen MR) is 68.7 cm³/mol. The number of hydrogen-bond donors (Lipinski definition) is 3. The van der Waals surface area contributed by atoms with Crippen molar-refractivity contribution in [2.75, 3.05) is 12.8 Å². The molecule has 0 radical (unpaired) electrons. The number of nitrogens with two attached hydrogens (primary N) is 1. The van der Waals surface area contributed by atoms with E-state index in [-0.39, 0.29) is 0 Å². The molecule has 2 aromatic heterocycles. The molecular weight excluding hydrogens is 264 g/mol. The Hall–Kier alpha value is -1.74. The SMILES string of the molecule is CO[C@H]1O[C@@H](c2ccc3c(N)ncnn23)[C@](C)(O)[C@@H]1O. The van der Waals surface area contributed by atoms with Crippen LogP contribution in [-0.4, -0.2) is 49.9 Å². The number of aliphatic hydroxyl groups is 2. The van der Waals surface area contributed by atoms with Crippen LogP contribution in [0.3, 0.4) is 0 Å². The molecule has 0 aliphatic carbocycles. The molecule has 3 heterocycles. The van der Waals surface area contributed by atoms with Gasteiger partial charge in [-0.3, -0.25) is 0 Å². The first-order valence-corrected chi connectivity index (χ1v) is 6.13. The van der Waals surface area contributed by atoms with Gasteiger partial charge in [0.2, 0.25) is 0 Å². The topological polar surface area (TPSA) is 115 Å². The lowest BCUT2D eigenvalue weighted by Crippen LogP contribution is -2.42. The van der Waals surface area contributed by atoms with Gasteiger partial charge in [-0.2, -0.15) is 5.10 Å². The van der Waals surface area contributed by atoms with E-state index in [2.05, 4.69) is 10.1 Å². The third-order valence-corrected chi connectivity index (χ3v) is 3.67. The highest BCUT2D eigenvalue weighted by Crippen LogP contribution is 2.42. The van der Waals surface area contributed by atoms with E-state index in [1.54, 1.807) is 12.1 Å². The number of ether oxygens (including phenoxy) is 2. The highest BCUT2D eigenvalue weighted by Gasteiger charge is 2.54. The molecule has 8 nitrogen and oxygen atoms in total. The zero-order valence-corrected chi connectivity index (χ0v) is 11.1. The number of nitrogens with zero attached hydrogens (tertiary/aromatic N) is 3. The van der Waals surface area contributed by atoms with Crippen molar-refractivity contribution in [2.24, 2.45) is 0 Å². The monoisotopic (exact) mass is 280 g/mol. The fourth-order valence-electron chi connectivity index (χ4n) is 2.50. The maximum Gasteiger partial charge on any atom is 0.186 e. The first-order valence-electron chi connectivity index (χ1n) is 6.13. The van der Waals surface area contributed by atoms with Crippen molar-refractivity contribution >= 4 is 11.3 Å².